The van der Waals surface area contributed by atoms with Gasteiger partial charge in [-0.05, 0) is 90.7 Å². The third-order valence-corrected chi connectivity index (χ3v) is 13.2. The molecule has 0 aromatic heterocycles. The molecule has 2 fully saturated rings. The van der Waals surface area contributed by atoms with E-state index in [-0.39, 0.29) is 50.6 Å². The van der Waals surface area contributed by atoms with Crippen LogP contribution in [-0.4, -0.2) is 140 Å². The van der Waals surface area contributed by atoms with Crippen LogP contribution in [0.15, 0.2) is 60.7 Å². The van der Waals surface area contributed by atoms with Gasteiger partial charge in [-0.25, -0.2) is 9.59 Å². The van der Waals surface area contributed by atoms with E-state index in [1.54, 1.807) is 46.4 Å². The highest BCUT2D eigenvalue weighted by molar-refractivity contribution is 7.86. The van der Waals surface area contributed by atoms with Gasteiger partial charge in [-0.1, -0.05) is 74.5 Å². The summed E-state index contributed by atoms with van der Waals surface area (Å²) in [5, 5.41) is 14.0. The number of rotatable bonds is 21. The highest BCUT2D eigenvalue weighted by atomic mass is 32.2. The summed E-state index contributed by atoms with van der Waals surface area (Å²) >= 11 is 0. The van der Waals surface area contributed by atoms with E-state index in [1.165, 1.54) is 22.7 Å². The van der Waals surface area contributed by atoms with Crippen LogP contribution < -0.4 is 26.6 Å². The second-order valence-electron chi connectivity index (χ2n) is 20.4. The molecular formula is C48H74N8O10S. The van der Waals surface area contributed by atoms with E-state index in [9.17, 15) is 37.2 Å². The minimum atomic E-state index is -3.63. The Kier molecular flexibility index (Phi) is 19.2. The van der Waals surface area contributed by atoms with E-state index in [0.29, 0.717) is 38.9 Å². The van der Waals surface area contributed by atoms with E-state index < -0.39 is 80.9 Å². The van der Waals surface area contributed by atoms with Crippen molar-refractivity contribution in [2.45, 2.75) is 136 Å². The molecule has 18 nitrogen and oxygen atoms in total. The SMILES string of the molecule is CC(C)C[C@@H](NC(=O)[C@@H](Cc1ccccc1)NC(=O)[C@@H](Cc1ccccc1)NC(=O)OC(C)(C)C)C(=O)N[C@H](CCCCNC(=O)OC(C)(C)C)C(=O)N1CC2(CCN(S(=O)(=O)N(C)C)C2)C1. The summed E-state index contributed by atoms with van der Waals surface area (Å²) in [5.41, 5.74) is -0.423. The lowest BCUT2D eigenvalue weighted by Crippen LogP contribution is -2.64. The number of ether oxygens (including phenoxy) is 2. The first-order valence-corrected chi connectivity index (χ1v) is 24.6. The molecule has 372 valence electrons. The van der Waals surface area contributed by atoms with Crippen LogP contribution in [0.4, 0.5) is 9.59 Å². The van der Waals surface area contributed by atoms with Crippen LogP contribution in [0.25, 0.3) is 0 Å². The number of likely N-dealkylation sites (tertiary alicyclic amines) is 1. The van der Waals surface area contributed by atoms with Crippen molar-refractivity contribution in [3.05, 3.63) is 71.8 Å². The first-order valence-electron chi connectivity index (χ1n) is 23.2. The van der Waals surface area contributed by atoms with Crippen LogP contribution in [-0.2, 0) is 51.7 Å². The van der Waals surface area contributed by atoms with Crippen molar-refractivity contribution in [1.82, 2.24) is 40.1 Å². The molecule has 19 heteroatoms. The molecular weight excluding hydrogens is 881 g/mol. The second-order valence-corrected chi connectivity index (χ2v) is 22.5. The molecule has 67 heavy (non-hydrogen) atoms. The summed E-state index contributed by atoms with van der Waals surface area (Å²) in [6.07, 6.45) is 0.697. The standard InChI is InChI=1S/C48H74N8O10S/c1-33(2)27-37(51-41(58)38(28-34-19-13-11-14-20-34)52-42(59)39(29-35-21-15-12-16-22-35)53-45(62)66-47(6,7)8)40(57)50-36(23-17-18-25-49-44(61)65-46(3,4)5)43(60)55-30-48(31-55)24-26-56(32-48)67(63,64)54(9)10/h11-16,19-22,33,36-39H,17-18,23-32H2,1-10H3,(H,49,61)(H,50,57)(H,51,58)(H,52,59)(H,53,62)/t36-,37-,38-,39-/m1/s1. The van der Waals surface area contributed by atoms with Gasteiger partial charge in [-0.3, -0.25) is 19.2 Å². The first kappa shape index (κ1) is 54.3. The number of benzene rings is 2. The Bertz CT molecular complexity index is 2100. The second kappa shape index (κ2) is 23.6. The van der Waals surface area contributed by atoms with Crippen molar-refractivity contribution < 1.29 is 46.7 Å². The first-order chi connectivity index (χ1) is 31.3. The molecule has 6 amide bonds. The van der Waals surface area contributed by atoms with E-state index in [0.717, 1.165) is 11.1 Å². The lowest BCUT2D eigenvalue weighted by molar-refractivity contribution is -0.147. The maximum absolute atomic E-state index is 14.4. The van der Waals surface area contributed by atoms with E-state index in [1.807, 2.05) is 74.5 Å². The molecule has 4 atom stereocenters. The number of amides is 6. The Labute approximate surface area is 397 Å². The molecule has 2 heterocycles. The Morgan fingerprint density at radius 3 is 1.66 bits per heavy atom. The van der Waals surface area contributed by atoms with Crippen LogP contribution in [0.3, 0.4) is 0 Å². The zero-order valence-corrected chi connectivity index (χ0v) is 41.8. The summed E-state index contributed by atoms with van der Waals surface area (Å²) < 4.78 is 39.2. The number of nitrogens with one attached hydrogen (secondary N) is 5. The largest absolute Gasteiger partial charge is 0.444 e. The van der Waals surface area contributed by atoms with Crippen molar-refractivity contribution in [3.8, 4) is 0 Å². The fourth-order valence-corrected chi connectivity index (χ4v) is 9.26. The molecule has 0 aliphatic carbocycles. The molecule has 1 spiro atoms. The third kappa shape index (κ3) is 17.4. The third-order valence-electron chi connectivity index (χ3n) is 11.3. The van der Waals surface area contributed by atoms with Crippen LogP contribution in [0.5, 0.6) is 0 Å². The van der Waals surface area contributed by atoms with Gasteiger partial charge in [0.25, 0.3) is 10.2 Å². The van der Waals surface area contributed by atoms with Crippen LogP contribution >= 0.6 is 0 Å². The minimum absolute atomic E-state index is 0.0569. The van der Waals surface area contributed by atoms with Gasteiger partial charge in [-0.15, -0.1) is 0 Å². The number of hydrogen-bond acceptors (Lipinski definition) is 10. The Morgan fingerprint density at radius 1 is 0.672 bits per heavy atom. The molecule has 0 saturated carbocycles. The summed E-state index contributed by atoms with van der Waals surface area (Å²) in [6, 6.07) is 13.7. The summed E-state index contributed by atoms with van der Waals surface area (Å²) in [4.78, 5) is 84.2. The zero-order valence-electron chi connectivity index (χ0n) is 41.0. The van der Waals surface area contributed by atoms with Gasteiger partial charge in [0.1, 0.15) is 35.4 Å². The molecule has 4 rings (SSSR count). The number of hydrogen-bond donors (Lipinski definition) is 5. The van der Waals surface area contributed by atoms with E-state index in [2.05, 4.69) is 26.6 Å². The van der Waals surface area contributed by atoms with E-state index in [4.69, 9.17) is 9.47 Å². The summed E-state index contributed by atoms with van der Waals surface area (Å²) in [7, 11) is -0.663. The molecule has 2 aliphatic heterocycles. The van der Waals surface area contributed by atoms with E-state index >= 15 is 0 Å². The van der Waals surface area contributed by atoms with Gasteiger partial charge in [0.15, 0.2) is 0 Å². The van der Waals surface area contributed by atoms with Crippen molar-refractivity contribution in [1.29, 1.82) is 0 Å². The van der Waals surface area contributed by atoms with Gasteiger partial charge in [-0.2, -0.15) is 17.0 Å². The number of carbonyl (C=O) groups is 6. The number of carbonyl (C=O) groups excluding carboxylic acids is 6. The predicted molar refractivity (Wildman–Crippen MR) is 255 cm³/mol. The quantitative estimate of drug-likeness (QED) is 0.114. The fourth-order valence-electron chi connectivity index (χ4n) is 8.04. The number of alkyl carbamates (subject to hydrolysis) is 2. The molecule has 2 aromatic rings. The maximum atomic E-state index is 14.4. The van der Waals surface area contributed by atoms with Crippen molar-refractivity contribution in [2.75, 3.05) is 46.8 Å². The van der Waals surface area contributed by atoms with Gasteiger partial charge < -0.3 is 41.0 Å². The zero-order chi connectivity index (χ0) is 49.7. The van der Waals surface area contributed by atoms with Gasteiger partial charge in [0.05, 0.1) is 0 Å². The van der Waals surface area contributed by atoms with Crippen molar-refractivity contribution in [2.24, 2.45) is 11.3 Å². The highest BCUT2D eigenvalue weighted by Gasteiger charge is 2.52. The fraction of sp³-hybridized carbons (Fsp3) is 0.625. The van der Waals surface area contributed by atoms with Crippen molar-refractivity contribution >= 4 is 46.0 Å². The summed E-state index contributed by atoms with van der Waals surface area (Å²) in [6.45, 7) is 15.7. The average molecular weight is 955 g/mol. The lowest BCUT2D eigenvalue weighted by atomic mass is 9.78. The number of nitrogens with zero attached hydrogens (tertiary/aromatic N) is 3. The van der Waals surface area contributed by atoms with Gasteiger partial charge in [0.2, 0.25) is 23.6 Å². The lowest BCUT2D eigenvalue weighted by Gasteiger charge is -2.49. The summed E-state index contributed by atoms with van der Waals surface area (Å²) in [5.74, 6) is -2.30. The van der Waals surface area contributed by atoms with Crippen LogP contribution in [0, 0.1) is 11.3 Å². The van der Waals surface area contributed by atoms with Gasteiger partial charge >= 0.3 is 12.2 Å². The Morgan fingerprint density at radius 2 is 1.15 bits per heavy atom. The van der Waals surface area contributed by atoms with Crippen LogP contribution in [0.1, 0.15) is 98.6 Å². The smallest absolute Gasteiger partial charge is 0.408 e. The molecule has 0 bridgehead atoms. The maximum Gasteiger partial charge on any atom is 0.408 e. The van der Waals surface area contributed by atoms with Crippen LogP contribution in [0.2, 0.25) is 0 Å². The minimum Gasteiger partial charge on any atom is -0.444 e. The average Bonchev–Trinajstić information content (AvgIpc) is 3.68. The molecule has 0 radical (unpaired) electrons. The Balaban J connectivity index is 1.54. The molecule has 2 aromatic carbocycles. The predicted octanol–water partition coefficient (Wildman–Crippen LogP) is 3.90. The van der Waals surface area contributed by atoms with Crippen molar-refractivity contribution in [3.63, 3.8) is 0 Å². The number of unbranched alkanes of at least 4 members (excludes halogenated alkanes) is 1. The Hall–Kier alpha value is -5.27. The molecule has 2 aliphatic rings. The highest BCUT2D eigenvalue weighted by Crippen LogP contribution is 2.41. The molecule has 2 saturated heterocycles. The molecule has 0 unspecified atom stereocenters. The monoisotopic (exact) mass is 955 g/mol. The topological polar surface area (TPSA) is 225 Å². The molecule has 5 N–H and O–H groups in total. The normalized spacial score (nSPS) is 16.9. The van der Waals surface area contributed by atoms with Gasteiger partial charge in [0, 0.05) is 65.1 Å².